The van der Waals surface area contributed by atoms with Crippen molar-refractivity contribution in [3.05, 3.63) is 51.9 Å². The summed E-state index contributed by atoms with van der Waals surface area (Å²) in [4.78, 5) is 11.1. The smallest absolute Gasteiger partial charge is 0.335 e. The Morgan fingerprint density at radius 3 is 2.76 bits per heavy atom. The molecule has 0 spiro atoms. The topological polar surface area (TPSA) is 60.0 Å². The van der Waals surface area contributed by atoms with Crippen LogP contribution in [0.25, 0.3) is 10.9 Å². The van der Waals surface area contributed by atoms with Crippen molar-refractivity contribution in [2.75, 3.05) is 0 Å². The molecule has 6 heteroatoms. The zero-order valence-electron chi connectivity index (χ0n) is 11.7. The number of aromatic nitrogens is 3. The largest absolute Gasteiger partial charge is 0.478 e. The van der Waals surface area contributed by atoms with Gasteiger partial charge in [-0.1, -0.05) is 6.07 Å². The van der Waals surface area contributed by atoms with E-state index in [-0.39, 0.29) is 0 Å². The molecule has 0 radical (unpaired) electrons. The van der Waals surface area contributed by atoms with Crippen molar-refractivity contribution in [2.24, 2.45) is 7.05 Å². The van der Waals surface area contributed by atoms with Gasteiger partial charge in [0.1, 0.15) is 0 Å². The number of nitrogens with zero attached hydrogens (tertiary/aromatic N) is 3. The minimum Gasteiger partial charge on any atom is -0.478 e. The van der Waals surface area contributed by atoms with Crippen LogP contribution in [-0.2, 0) is 13.6 Å². The maximum atomic E-state index is 11.1. The van der Waals surface area contributed by atoms with E-state index in [1.165, 1.54) is 0 Å². The van der Waals surface area contributed by atoms with E-state index in [1.807, 2.05) is 41.5 Å². The summed E-state index contributed by atoms with van der Waals surface area (Å²) in [6.45, 7) is 2.58. The monoisotopic (exact) mass is 347 g/mol. The van der Waals surface area contributed by atoms with Crippen LogP contribution in [-0.4, -0.2) is 25.4 Å². The number of aryl methyl sites for hydroxylation is 2. The molecule has 1 aromatic carbocycles. The first kappa shape index (κ1) is 13.9. The van der Waals surface area contributed by atoms with Gasteiger partial charge in [0.05, 0.1) is 28.0 Å². The number of hydrogen-bond donors (Lipinski definition) is 1. The summed E-state index contributed by atoms with van der Waals surface area (Å²) in [5, 5.41) is 14.5. The van der Waals surface area contributed by atoms with E-state index < -0.39 is 5.97 Å². The maximum absolute atomic E-state index is 11.1. The first-order valence-corrected chi connectivity index (χ1v) is 7.27. The Hall–Kier alpha value is -2.08. The molecule has 0 saturated carbocycles. The maximum Gasteiger partial charge on any atom is 0.335 e. The average molecular weight is 348 g/mol. The molecular weight excluding hydrogens is 334 g/mol. The number of rotatable bonds is 3. The van der Waals surface area contributed by atoms with Crippen molar-refractivity contribution in [1.29, 1.82) is 0 Å². The van der Waals surface area contributed by atoms with Crippen LogP contribution in [0.2, 0.25) is 0 Å². The third kappa shape index (κ3) is 2.35. The second kappa shape index (κ2) is 5.04. The van der Waals surface area contributed by atoms with Crippen molar-refractivity contribution in [3.63, 3.8) is 0 Å². The molecule has 0 aliphatic rings. The second-order valence-electron chi connectivity index (χ2n) is 4.99. The lowest BCUT2D eigenvalue weighted by atomic mass is 10.1. The van der Waals surface area contributed by atoms with Crippen molar-refractivity contribution in [3.8, 4) is 0 Å². The number of carboxylic acid groups (broad SMARTS) is 1. The van der Waals surface area contributed by atoms with Crippen molar-refractivity contribution in [2.45, 2.75) is 13.5 Å². The Morgan fingerprint density at radius 1 is 1.38 bits per heavy atom. The van der Waals surface area contributed by atoms with Gasteiger partial charge < -0.3 is 9.67 Å². The van der Waals surface area contributed by atoms with Gasteiger partial charge in [-0.05, 0) is 46.4 Å². The van der Waals surface area contributed by atoms with E-state index in [0.717, 1.165) is 26.8 Å². The lowest BCUT2D eigenvalue weighted by molar-refractivity contribution is 0.0697. The van der Waals surface area contributed by atoms with Crippen LogP contribution in [0.15, 0.2) is 34.9 Å². The van der Waals surface area contributed by atoms with Gasteiger partial charge in [-0.3, -0.25) is 4.68 Å². The molecule has 0 bridgehead atoms. The Morgan fingerprint density at radius 2 is 2.14 bits per heavy atom. The fourth-order valence-electron chi connectivity index (χ4n) is 2.47. The van der Waals surface area contributed by atoms with Gasteiger partial charge in [-0.15, -0.1) is 0 Å². The molecule has 0 unspecified atom stereocenters. The Labute approximate surface area is 129 Å². The fourth-order valence-corrected chi connectivity index (χ4v) is 2.93. The number of fused-ring (bicyclic) bond motifs is 1. The molecule has 5 nitrogen and oxygen atoms in total. The van der Waals surface area contributed by atoms with Gasteiger partial charge in [-0.2, -0.15) is 5.10 Å². The van der Waals surface area contributed by atoms with E-state index in [0.29, 0.717) is 12.1 Å². The van der Waals surface area contributed by atoms with Gasteiger partial charge in [0.25, 0.3) is 0 Å². The molecule has 0 amide bonds. The first-order chi connectivity index (χ1) is 9.97. The number of hydrogen-bond acceptors (Lipinski definition) is 2. The highest BCUT2D eigenvalue weighted by Crippen LogP contribution is 2.24. The lowest BCUT2D eigenvalue weighted by Crippen LogP contribution is -2.05. The summed E-state index contributed by atoms with van der Waals surface area (Å²) in [7, 11) is 1.90. The van der Waals surface area contributed by atoms with Crippen molar-refractivity contribution in [1.82, 2.24) is 14.3 Å². The van der Waals surface area contributed by atoms with Gasteiger partial charge in [0, 0.05) is 18.8 Å². The van der Waals surface area contributed by atoms with Gasteiger partial charge in [0.2, 0.25) is 0 Å². The third-order valence-electron chi connectivity index (χ3n) is 3.60. The minimum absolute atomic E-state index is 0.294. The average Bonchev–Trinajstić information content (AvgIpc) is 2.95. The van der Waals surface area contributed by atoms with Crippen LogP contribution >= 0.6 is 15.9 Å². The van der Waals surface area contributed by atoms with Crippen molar-refractivity contribution >= 4 is 32.8 Å². The molecule has 1 N–H and O–H groups in total. The molecule has 0 atom stereocenters. The minimum atomic E-state index is -0.915. The standard InChI is InChI=1S/C15H14BrN3O2/c1-9-14(16)13(18(2)17-9)8-19-6-5-10-3-4-11(15(20)21)7-12(10)19/h3-7H,8H2,1-2H3,(H,20,21). The van der Waals surface area contributed by atoms with E-state index in [4.69, 9.17) is 5.11 Å². The van der Waals surface area contributed by atoms with Crippen LogP contribution in [0, 0.1) is 6.92 Å². The zero-order chi connectivity index (χ0) is 15.1. The van der Waals surface area contributed by atoms with Crippen LogP contribution in [0.4, 0.5) is 0 Å². The molecule has 108 valence electrons. The Bertz CT molecular complexity index is 848. The van der Waals surface area contributed by atoms with Crippen LogP contribution < -0.4 is 0 Å². The normalized spacial score (nSPS) is 11.2. The molecule has 0 aliphatic carbocycles. The molecule has 3 rings (SSSR count). The molecule has 21 heavy (non-hydrogen) atoms. The first-order valence-electron chi connectivity index (χ1n) is 6.47. The SMILES string of the molecule is Cc1nn(C)c(Cn2ccc3ccc(C(=O)O)cc32)c1Br. The summed E-state index contributed by atoms with van der Waals surface area (Å²) in [6, 6.07) is 7.14. The predicted octanol–water partition coefficient (Wildman–Crippen LogP) is 3.19. The van der Waals surface area contributed by atoms with E-state index >= 15 is 0 Å². The van der Waals surface area contributed by atoms with Crippen LogP contribution in [0.3, 0.4) is 0 Å². The molecule has 2 heterocycles. The highest BCUT2D eigenvalue weighted by atomic mass is 79.9. The summed E-state index contributed by atoms with van der Waals surface area (Å²) in [5.74, 6) is -0.915. The highest BCUT2D eigenvalue weighted by Gasteiger charge is 2.13. The zero-order valence-corrected chi connectivity index (χ0v) is 13.3. The summed E-state index contributed by atoms with van der Waals surface area (Å²) in [5.41, 5.74) is 3.18. The summed E-state index contributed by atoms with van der Waals surface area (Å²) >= 11 is 3.56. The Balaban J connectivity index is 2.08. The van der Waals surface area contributed by atoms with Gasteiger partial charge in [0.15, 0.2) is 0 Å². The summed E-state index contributed by atoms with van der Waals surface area (Å²) in [6.07, 6.45) is 1.96. The van der Waals surface area contributed by atoms with Crippen LogP contribution in [0.1, 0.15) is 21.7 Å². The number of halogens is 1. The number of benzene rings is 1. The highest BCUT2D eigenvalue weighted by molar-refractivity contribution is 9.10. The third-order valence-corrected chi connectivity index (χ3v) is 4.63. The number of aromatic carboxylic acids is 1. The van der Waals surface area contributed by atoms with E-state index in [1.54, 1.807) is 12.1 Å². The molecular formula is C15H14BrN3O2. The molecule has 3 aromatic rings. The number of carbonyl (C=O) groups is 1. The second-order valence-corrected chi connectivity index (χ2v) is 5.79. The van der Waals surface area contributed by atoms with Crippen molar-refractivity contribution < 1.29 is 9.90 Å². The molecule has 0 fully saturated rings. The number of carboxylic acids is 1. The van der Waals surface area contributed by atoms with Gasteiger partial charge in [-0.25, -0.2) is 4.79 Å². The van der Waals surface area contributed by atoms with E-state index in [9.17, 15) is 4.79 Å². The summed E-state index contributed by atoms with van der Waals surface area (Å²) < 4.78 is 4.86. The molecule has 0 aliphatic heterocycles. The van der Waals surface area contributed by atoms with E-state index in [2.05, 4.69) is 21.0 Å². The predicted molar refractivity (Wildman–Crippen MR) is 83.6 cm³/mol. The Kier molecular flexibility index (Phi) is 3.33. The molecule has 2 aromatic heterocycles. The molecule has 0 saturated heterocycles. The lowest BCUT2D eigenvalue weighted by Gasteiger charge is -2.07. The quantitative estimate of drug-likeness (QED) is 0.791. The fraction of sp³-hybridized carbons (Fsp3) is 0.200. The van der Waals surface area contributed by atoms with Gasteiger partial charge >= 0.3 is 5.97 Å². The van der Waals surface area contributed by atoms with Crippen LogP contribution in [0.5, 0.6) is 0 Å².